The fourth-order valence-electron chi connectivity index (χ4n) is 4.42. The van der Waals surface area contributed by atoms with Crippen molar-refractivity contribution in [3.63, 3.8) is 0 Å². The van der Waals surface area contributed by atoms with E-state index in [0.717, 1.165) is 40.9 Å². The van der Waals surface area contributed by atoms with E-state index in [1.807, 2.05) is 17.0 Å². The van der Waals surface area contributed by atoms with Crippen molar-refractivity contribution >= 4 is 5.91 Å². The second-order valence-electron chi connectivity index (χ2n) is 8.18. The van der Waals surface area contributed by atoms with Gasteiger partial charge in [-0.1, -0.05) is 0 Å². The molecule has 0 unspecified atom stereocenters. The SMILES string of the molecule is O=C(c1ccc(F)cc1)N1CCC(c2[nH]nc(-c3ccc(F)cc3)c2-c2ccncc2)CC1. The maximum Gasteiger partial charge on any atom is 0.253 e. The minimum atomic E-state index is -0.356. The highest BCUT2D eigenvalue weighted by molar-refractivity contribution is 5.94. The Kier molecular flexibility index (Phi) is 5.69. The molecule has 2 aromatic heterocycles. The van der Waals surface area contributed by atoms with E-state index in [9.17, 15) is 13.6 Å². The number of aromatic amines is 1. The summed E-state index contributed by atoms with van der Waals surface area (Å²) in [5, 5.41) is 7.82. The molecule has 0 atom stereocenters. The molecule has 0 bridgehead atoms. The lowest BCUT2D eigenvalue weighted by molar-refractivity contribution is 0.0712. The van der Waals surface area contributed by atoms with Gasteiger partial charge in [0.15, 0.2) is 0 Å². The van der Waals surface area contributed by atoms with Crippen molar-refractivity contribution in [2.75, 3.05) is 13.1 Å². The number of hydrogen-bond acceptors (Lipinski definition) is 3. The van der Waals surface area contributed by atoms with Gasteiger partial charge in [-0.05, 0) is 79.1 Å². The zero-order valence-electron chi connectivity index (χ0n) is 17.8. The maximum absolute atomic E-state index is 13.5. The first-order chi connectivity index (χ1) is 16.1. The number of pyridine rings is 1. The number of H-pyrrole nitrogens is 1. The highest BCUT2D eigenvalue weighted by atomic mass is 19.1. The van der Waals surface area contributed by atoms with Crippen LogP contribution in [0.1, 0.15) is 34.8 Å². The van der Waals surface area contributed by atoms with Crippen molar-refractivity contribution in [1.82, 2.24) is 20.1 Å². The molecule has 1 N–H and O–H groups in total. The Morgan fingerprint density at radius 1 is 0.848 bits per heavy atom. The number of piperidine rings is 1. The number of halogens is 2. The van der Waals surface area contributed by atoms with E-state index >= 15 is 0 Å². The van der Waals surface area contributed by atoms with Gasteiger partial charge in [-0.15, -0.1) is 0 Å². The first-order valence-corrected chi connectivity index (χ1v) is 10.9. The number of likely N-dealkylation sites (tertiary alicyclic amines) is 1. The van der Waals surface area contributed by atoms with Crippen LogP contribution < -0.4 is 0 Å². The molecule has 4 aromatic rings. The standard InChI is InChI=1S/C26H22F2N4O/c27-21-5-1-18(2-6-21)24-23(17-9-13-29-14-10-17)25(31-30-24)19-11-15-32(16-12-19)26(33)20-3-7-22(28)8-4-20/h1-10,13-14,19H,11-12,15-16H2,(H,30,31). The summed E-state index contributed by atoms with van der Waals surface area (Å²) in [6.07, 6.45) is 5.03. The molecule has 1 fully saturated rings. The number of aromatic nitrogens is 3. The molecule has 166 valence electrons. The number of rotatable bonds is 4. The van der Waals surface area contributed by atoms with E-state index in [0.29, 0.717) is 18.7 Å². The number of benzene rings is 2. The molecule has 1 aliphatic heterocycles. The van der Waals surface area contributed by atoms with Gasteiger partial charge in [0.25, 0.3) is 5.91 Å². The van der Waals surface area contributed by atoms with Crippen molar-refractivity contribution in [2.24, 2.45) is 0 Å². The highest BCUT2D eigenvalue weighted by Crippen LogP contribution is 2.39. The fourth-order valence-corrected chi connectivity index (χ4v) is 4.42. The number of amides is 1. The number of carbonyl (C=O) groups excluding carboxylic acids is 1. The Balaban J connectivity index is 1.41. The Bertz CT molecular complexity index is 1250. The molecule has 1 aliphatic rings. The quantitative estimate of drug-likeness (QED) is 0.456. The maximum atomic E-state index is 13.5. The molecule has 33 heavy (non-hydrogen) atoms. The van der Waals surface area contributed by atoms with Crippen LogP contribution in [0.3, 0.4) is 0 Å². The predicted octanol–water partition coefficient (Wildman–Crippen LogP) is 5.44. The van der Waals surface area contributed by atoms with Crippen molar-refractivity contribution < 1.29 is 13.6 Å². The summed E-state index contributed by atoms with van der Waals surface area (Å²) in [7, 11) is 0. The third kappa shape index (κ3) is 4.26. The molecule has 3 heterocycles. The summed E-state index contributed by atoms with van der Waals surface area (Å²) >= 11 is 0. The van der Waals surface area contributed by atoms with Crippen molar-refractivity contribution in [2.45, 2.75) is 18.8 Å². The summed E-state index contributed by atoms with van der Waals surface area (Å²) in [6, 6.07) is 15.9. The van der Waals surface area contributed by atoms with E-state index in [1.165, 1.54) is 36.4 Å². The van der Waals surface area contributed by atoms with Gasteiger partial charge in [-0.2, -0.15) is 5.10 Å². The van der Waals surface area contributed by atoms with Crippen LogP contribution in [-0.4, -0.2) is 39.1 Å². The van der Waals surface area contributed by atoms with E-state index in [4.69, 9.17) is 0 Å². The molecule has 5 nitrogen and oxygen atoms in total. The molecule has 1 amide bonds. The second-order valence-corrected chi connectivity index (χ2v) is 8.18. The molecular formula is C26H22F2N4O. The van der Waals surface area contributed by atoms with Gasteiger partial charge >= 0.3 is 0 Å². The summed E-state index contributed by atoms with van der Waals surface area (Å²) in [6.45, 7) is 1.20. The number of carbonyl (C=O) groups is 1. The molecule has 5 rings (SSSR count). The zero-order chi connectivity index (χ0) is 22.8. The van der Waals surface area contributed by atoms with Crippen LogP contribution in [0, 0.1) is 11.6 Å². The van der Waals surface area contributed by atoms with E-state index < -0.39 is 0 Å². The summed E-state index contributed by atoms with van der Waals surface area (Å²) in [4.78, 5) is 18.7. The average molecular weight is 444 g/mol. The van der Waals surface area contributed by atoms with Crippen molar-refractivity contribution in [3.8, 4) is 22.4 Å². The van der Waals surface area contributed by atoms with E-state index in [1.54, 1.807) is 24.5 Å². The van der Waals surface area contributed by atoms with Crippen LogP contribution in [0.15, 0.2) is 73.1 Å². The molecule has 0 saturated carbocycles. The van der Waals surface area contributed by atoms with Gasteiger partial charge in [-0.25, -0.2) is 8.78 Å². The molecule has 0 aliphatic carbocycles. The summed E-state index contributed by atoms with van der Waals surface area (Å²) in [5.41, 5.74) is 5.06. The van der Waals surface area contributed by atoms with Crippen LogP contribution >= 0.6 is 0 Å². The normalized spacial score (nSPS) is 14.4. The minimum absolute atomic E-state index is 0.0839. The third-order valence-corrected chi connectivity index (χ3v) is 6.16. The van der Waals surface area contributed by atoms with Gasteiger partial charge in [0.05, 0.1) is 0 Å². The Morgan fingerprint density at radius 2 is 1.45 bits per heavy atom. The van der Waals surface area contributed by atoms with Gasteiger partial charge in [0.1, 0.15) is 17.3 Å². The first-order valence-electron chi connectivity index (χ1n) is 10.9. The van der Waals surface area contributed by atoms with E-state index in [2.05, 4.69) is 15.2 Å². The molecule has 1 saturated heterocycles. The van der Waals surface area contributed by atoms with Crippen LogP contribution in [0.25, 0.3) is 22.4 Å². The molecular weight excluding hydrogens is 422 g/mol. The largest absolute Gasteiger partial charge is 0.339 e. The zero-order valence-corrected chi connectivity index (χ0v) is 17.8. The minimum Gasteiger partial charge on any atom is -0.339 e. The smallest absolute Gasteiger partial charge is 0.253 e. The molecule has 0 radical (unpaired) electrons. The fraction of sp³-hybridized carbons (Fsp3) is 0.192. The monoisotopic (exact) mass is 444 g/mol. The number of nitrogens with zero attached hydrogens (tertiary/aromatic N) is 3. The summed E-state index contributed by atoms with van der Waals surface area (Å²) in [5.74, 6) is -0.546. The third-order valence-electron chi connectivity index (χ3n) is 6.16. The lowest BCUT2D eigenvalue weighted by Gasteiger charge is -2.32. The van der Waals surface area contributed by atoms with Crippen LogP contribution in [0.2, 0.25) is 0 Å². The van der Waals surface area contributed by atoms with Crippen molar-refractivity contribution in [1.29, 1.82) is 0 Å². The Hall–Kier alpha value is -3.87. The topological polar surface area (TPSA) is 61.9 Å². The van der Waals surface area contributed by atoms with Gasteiger partial charge in [-0.3, -0.25) is 14.9 Å². The van der Waals surface area contributed by atoms with Gasteiger partial charge in [0, 0.05) is 53.8 Å². The second kappa shape index (κ2) is 8.94. The lowest BCUT2D eigenvalue weighted by atomic mass is 9.87. The predicted molar refractivity (Wildman–Crippen MR) is 121 cm³/mol. The van der Waals surface area contributed by atoms with E-state index in [-0.39, 0.29) is 23.5 Å². The molecule has 7 heteroatoms. The molecule has 2 aromatic carbocycles. The average Bonchev–Trinajstić information content (AvgIpc) is 3.30. The highest BCUT2D eigenvalue weighted by Gasteiger charge is 2.29. The summed E-state index contributed by atoms with van der Waals surface area (Å²) < 4.78 is 26.7. The first kappa shape index (κ1) is 21.0. The Labute approximate surface area is 190 Å². The Morgan fingerprint density at radius 3 is 2.09 bits per heavy atom. The van der Waals surface area contributed by atoms with Gasteiger partial charge in [0.2, 0.25) is 0 Å². The lowest BCUT2D eigenvalue weighted by Crippen LogP contribution is -2.38. The van der Waals surface area contributed by atoms with Crippen LogP contribution in [0.5, 0.6) is 0 Å². The van der Waals surface area contributed by atoms with Crippen molar-refractivity contribution in [3.05, 3.63) is 95.9 Å². The van der Waals surface area contributed by atoms with Crippen LogP contribution in [0.4, 0.5) is 8.78 Å². The van der Waals surface area contributed by atoms with Gasteiger partial charge < -0.3 is 4.90 Å². The number of nitrogens with one attached hydrogen (secondary N) is 1. The number of hydrogen-bond donors (Lipinski definition) is 1. The van der Waals surface area contributed by atoms with Crippen LogP contribution in [-0.2, 0) is 0 Å². The molecule has 0 spiro atoms.